The first-order chi connectivity index (χ1) is 13.7. The molecule has 3 atom stereocenters. The number of benzene rings is 1. The second-order valence-electron chi connectivity index (χ2n) is 8.07. The Balaban J connectivity index is 1.91. The molecular formula is C21H30N2O5S. The Kier molecular flexibility index (Phi) is 8.52. The number of carbonyl (C=O) groups is 3. The predicted molar refractivity (Wildman–Crippen MR) is 112 cm³/mol. The van der Waals surface area contributed by atoms with Gasteiger partial charge in [-0.05, 0) is 17.9 Å². The van der Waals surface area contributed by atoms with Crippen molar-refractivity contribution in [1.29, 1.82) is 0 Å². The third kappa shape index (κ3) is 8.06. The Hall–Kier alpha value is -2.06. The molecule has 1 fully saturated rings. The third-order valence-electron chi connectivity index (χ3n) is 4.09. The largest absolute Gasteiger partial charge is 0.464 e. The van der Waals surface area contributed by atoms with Crippen molar-refractivity contribution in [3.8, 4) is 0 Å². The number of ether oxygens (including phenoxy) is 2. The summed E-state index contributed by atoms with van der Waals surface area (Å²) in [6.07, 6.45) is -1.78. The zero-order chi connectivity index (χ0) is 21.4. The summed E-state index contributed by atoms with van der Waals surface area (Å²) in [5.74, 6) is -0.139. The van der Waals surface area contributed by atoms with Crippen LogP contribution in [0.2, 0.25) is 0 Å². The van der Waals surface area contributed by atoms with Gasteiger partial charge in [0.2, 0.25) is 5.91 Å². The summed E-state index contributed by atoms with van der Waals surface area (Å²) in [5.41, 5.74) is 1.07. The zero-order valence-corrected chi connectivity index (χ0v) is 18.2. The van der Waals surface area contributed by atoms with E-state index in [1.54, 1.807) is 18.7 Å². The van der Waals surface area contributed by atoms with Crippen LogP contribution < -0.4 is 10.6 Å². The average molecular weight is 423 g/mol. The molecule has 2 rings (SSSR count). The van der Waals surface area contributed by atoms with E-state index in [9.17, 15) is 14.4 Å². The lowest BCUT2D eigenvalue weighted by Crippen LogP contribution is -2.51. The fourth-order valence-corrected chi connectivity index (χ4v) is 3.51. The summed E-state index contributed by atoms with van der Waals surface area (Å²) in [4.78, 5) is 36.8. The summed E-state index contributed by atoms with van der Waals surface area (Å²) in [5, 5.41) is 5.61. The lowest BCUT2D eigenvalue weighted by Gasteiger charge is -2.22. The number of carbonyl (C=O) groups excluding carboxylic acids is 3. The maximum absolute atomic E-state index is 12.7. The number of esters is 1. The van der Waals surface area contributed by atoms with Gasteiger partial charge in [-0.25, -0.2) is 4.79 Å². The molecule has 0 spiro atoms. The standard InChI is InChI=1S/C21H30N2O5S/c1-5-27-20(26)17-16(28-17)19(25)23-15(18(24)22-13-21(2,3)4)12-29-11-14-9-7-6-8-10-14/h6-10,15-17H,5,11-13H2,1-4H3,(H,22,24)(H,23,25)/t15?,16-,17-/m0/s1. The molecule has 1 aromatic rings. The highest BCUT2D eigenvalue weighted by Gasteiger charge is 2.52. The summed E-state index contributed by atoms with van der Waals surface area (Å²) in [7, 11) is 0. The number of thioether (sulfide) groups is 1. The molecule has 1 aromatic carbocycles. The van der Waals surface area contributed by atoms with Crippen molar-refractivity contribution in [2.24, 2.45) is 5.41 Å². The monoisotopic (exact) mass is 422 g/mol. The Morgan fingerprint density at radius 3 is 2.48 bits per heavy atom. The van der Waals surface area contributed by atoms with Crippen LogP contribution in [0.5, 0.6) is 0 Å². The van der Waals surface area contributed by atoms with Gasteiger partial charge < -0.3 is 20.1 Å². The molecule has 1 heterocycles. The second-order valence-corrected chi connectivity index (χ2v) is 9.10. The van der Waals surface area contributed by atoms with Crippen LogP contribution in [0.4, 0.5) is 0 Å². The van der Waals surface area contributed by atoms with Gasteiger partial charge >= 0.3 is 5.97 Å². The fraction of sp³-hybridized carbons (Fsp3) is 0.571. The van der Waals surface area contributed by atoms with E-state index in [2.05, 4.69) is 10.6 Å². The van der Waals surface area contributed by atoms with Crippen LogP contribution in [0, 0.1) is 5.41 Å². The highest BCUT2D eigenvalue weighted by atomic mass is 32.2. The predicted octanol–water partition coefficient (Wildman–Crippen LogP) is 1.90. The third-order valence-corrected chi connectivity index (χ3v) is 5.20. The Bertz CT molecular complexity index is 705. The van der Waals surface area contributed by atoms with Crippen molar-refractivity contribution in [3.05, 3.63) is 35.9 Å². The molecule has 8 heteroatoms. The lowest BCUT2D eigenvalue weighted by atomic mass is 9.97. The number of amides is 2. The smallest absolute Gasteiger partial charge is 0.338 e. The van der Waals surface area contributed by atoms with Gasteiger partial charge in [-0.1, -0.05) is 51.1 Å². The molecule has 29 heavy (non-hydrogen) atoms. The van der Waals surface area contributed by atoms with Crippen LogP contribution in [-0.4, -0.2) is 54.9 Å². The number of nitrogens with one attached hydrogen (secondary N) is 2. The maximum atomic E-state index is 12.7. The van der Waals surface area contributed by atoms with Crippen LogP contribution >= 0.6 is 11.8 Å². The minimum Gasteiger partial charge on any atom is -0.464 e. The Labute approximate surface area is 176 Å². The SMILES string of the molecule is CCOC(=O)[C@H]1O[C@@H]1C(=O)NC(CSCc1ccccc1)C(=O)NCC(C)(C)C. The fourth-order valence-electron chi connectivity index (χ4n) is 2.50. The van der Waals surface area contributed by atoms with Crippen LogP contribution in [0.15, 0.2) is 30.3 Å². The molecule has 0 bridgehead atoms. The van der Waals surface area contributed by atoms with E-state index in [-0.39, 0.29) is 17.9 Å². The first kappa shape index (κ1) is 23.2. The number of rotatable bonds is 10. The van der Waals surface area contributed by atoms with Crippen molar-refractivity contribution >= 4 is 29.5 Å². The van der Waals surface area contributed by atoms with Crippen LogP contribution in [-0.2, 0) is 29.6 Å². The van der Waals surface area contributed by atoms with Gasteiger partial charge in [0, 0.05) is 18.1 Å². The maximum Gasteiger partial charge on any atom is 0.338 e. The molecule has 0 saturated carbocycles. The van der Waals surface area contributed by atoms with Gasteiger partial charge in [-0.2, -0.15) is 11.8 Å². The molecule has 2 N–H and O–H groups in total. The van der Waals surface area contributed by atoms with Crippen molar-refractivity contribution < 1.29 is 23.9 Å². The van der Waals surface area contributed by atoms with E-state index in [0.717, 1.165) is 11.3 Å². The van der Waals surface area contributed by atoms with Gasteiger partial charge in [0.25, 0.3) is 5.91 Å². The van der Waals surface area contributed by atoms with Crippen LogP contribution in [0.3, 0.4) is 0 Å². The number of hydrogen-bond donors (Lipinski definition) is 2. The van der Waals surface area contributed by atoms with E-state index >= 15 is 0 Å². The highest BCUT2D eigenvalue weighted by molar-refractivity contribution is 7.98. The minimum absolute atomic E-state index is 0.0734. The van der Waals surface area contributed by atoms with E-state index in [4.69, 9.17) is 9.47 Å². The van der Waals surface area contributed by atoms with E-state index in [0.29, 0.717) is 12.3 Å². The molecule has 0 aliphatic carbocycles. The summed E-state index contributed by atoms with van der Waals surface area (Å²) >= 11 is 1.56. The first-order valence-corrected chi connectivity index (χ1v) is 10.9. The molecule has 1 saturated heterocycles. The quantitative estimate of drug-likeness (QED) is 0.442. The number of epoxide rings is 1. The molecule has 0 aromatic heterocycles. The van der Waals surface area contributed by atoms with Gasteiger partial charge in [0.1, 0.15) is 6.04 Å². The van der Waals surface area contributed by atoms with E-state index < -0.39 is 30.1 Å². The first-order valence-electron chi connectivity index (χ1n) is 9.73. The minimum atomic E-state index is -0.897. The van der Waals surface area contributed by atoms with Crippen LogP contribution in [0.25, 0.3) is 0 Å². The molecule has 1 unspecified atom stereocenters. The van der Waals surface area contributed by atoms with Gasteiger partial charge in [-0.3, -0.25) is 9.59 Å². The average Bonchev–Trinajstić information content (AvgIpc) is 3.47. The molecule has 7 nitrogen and oxygen atoms in total. The zero-order valence-electron chi connectivity index (χ0n) is 17.4. The van der Waals surface area contributed by atoms with Crippen molar-refractivity contribution in [2.45, 2.75) is 51.7 Å². The molecular weight excluding hydrogens is 392 g/mol. The summed E-state index contributed by atoms with van der Waals surface area (Å²) < 4.78 is 10.00. The van der Waals surface area contributed by atoms with Gasteiger partial charge in [0.15, 0.2) is 12.2 Å². The normalized spacial score (nSPS) is 19.2. The van der Waals surface area contributed by atoms with Crippen LogP contribution in [0.1, 0.15) is 33.3 Å². The Morgan fingerprint density at radius 2 is 1.86 bits per heavy atom. The van der Waals surface area contributed by atoms with Crippen molar-refractivity contribution in [3.63, 3.8) is 0 Å². The van der Waals surface area contributed by atoms with Crippen molar-refractivity contribution in [1.82, 2.24) is 10.6 Å². The topological polar surface area (TPSA) is 97.0 Å². The van der Waals surface area contributed by atoms with Gasteiger partial charge in [0.05, 0.1) is 6.61 Å². The van der Waals surface area contributed by atoms with Crippen molar-refractivity contribution in [2.75, 3.05) is 18.9 Å². The molecule has 0 radical (unpaired) electrons. The molecule has 1 aliphatic rings. The van der Waals surface area contributed by atoms with Gasteiger partial charge in [-0.15, -0.1) is 0 Å². The second kappa shape index (κ2) is 10.6. The Morgan fingerprint density at radius 1 is 1.17 bits per heavy atom. The highest BCUT2D eigenvalue weighted by Crippen LogP contribution is 2.24. The summed E-state index contributed by atoms with van der Waals surface area (Å²) in [6.45, 7) is 8.47. The molecule has 2 amide bonds. The number of hydrogen-bond acceptors (Lipinski definition) is 6. The lowest BCUT2D eigenvalue weighted by molar-refractivity contribution is -0.144. The van der Waals surface area contributed by atoms with E-state index in [1.165, 1.54) is 0 Å². The van der Waals surface area contributed by atoms with E-state index in [1.807, 2.05) is 51.1 Å². The molecule has 1 aliphatic heterocycles. The molecule has 160 valence electrons. The summed E-state index contributed by atoms with van der Waals surface area (Å²) in [6, 6.07) is 9.19.